The molecule has 0 spiro atoms. The number of amides is 4. The molecule has 2 atom stereocenters. The first-order valence-corrected chi connectivity index (χ1v) is 13.4. The molecule has 2 saturated heterocycles. The summed E-state index contributed by atoms with van der Waals surface area (Å²) in [6, 6.07) is 17.6. The molecule has 204 valence electrons. The van der Waals surface area contributed by atoms with E-state index in [2.05, 4.69) is 27.3 Å². The van der Waals surface area contributed by atoms with Gasteiger partial charge in [-0.25, -0.2) is 4.39 Å². The molecular weight excluding hydrogens is 513 g/mol. The Balaban J connectivity index is 1.17. The molecule has 1 N–H and O–H groups in total. The van der Waals surface area contributed by atoms with Gasteiger partial charge in [0.25, 0.3) is 11.8 Å². The van der Waals surface area contributed by atoms with Crippen LogP contribution in [0.3, 0.4) is 0 Å². The van der Waals surface area contributed by atoms with Crippen molar-refractivity contribution in [3.05, 3.63) is 101 Å². The highest BCUT2D eigenvalue weighted by Gasteiger charge is 2.40. The lowest BCUT2D eigenvalue weighted by atomic mass is 10.00. The van der Waals surface area contributed by atoms with E-state index in [9.17, 15) is 19.2 Å². The molecule has 10 heteroatoms. The van der Waals surface area contributed by atoms with Crippen molar-refractivity contribution >= 4 is 23.6 Å². The van der Waals surface area contributed by atoms with Gasteiger partial charge < -0.3 is 9.80 Å². The number of piperidine rings is 1. The highest BCUT2D eigenvalue weighted by atomic mass is 19.1. The number of imide groups is 1. The topological polar surface area (TPSA) is 103 Å². The number of fused-ring (bicyclic) bond motifs is 1. The number of hydrogen-bond donors (Lipinski definition) is 1. The van der Waals surface area contributed by atoms with E-state index < -0.39 is 29.6 Å². The highest BCUT2D eigenvalue weighted by molar-refractivity contribution is 6.06. The third-order valence-corrected chi connectivity index (χ3v) is 7.89. The number of nitrogens with zero attached hydrogens (tertiary/aromatic N) is 4. The van der Waals surface area contributed by atoms with Crippen LogP contribution in [0.15, 0.2) is 66.9 Å². The fourth-order valence-corrected chi connectivity index (χ4v) is 5.85. The Kier molecular flexibility index (Phi) is 6.85. The molecule has 3 aliphatic rings. The Hall–Kier alpha value is -4.44. The summed E-state index contributed by atoms with van der Waals surface area (Å²) in [4.78, 5) is 60.1. The molecule has 40 heavy (non-hydrogen) atoms. The van der Waals surface area contributed by atoms with Crippen LogP contribution >= 0.6 is 0 Å². The number of carbonyl (C=O) groups excluding carboxylic acids is 4. The molecule has 0 bridgehead atoms. The van der Waals surface area contributed by atoms with Crippen LogP contribution in [-0.2, 0) is 16.1 Å². The Bertz CT molecular complexity index is 1430. The molecule has 3 aromatic rings. The summed E-state index contributed by atoms with van der Waals surface area (Å²) in [5.74, 6) is -2.58. The number of benzene rings is 2. The first-order chi connectivity index (χ1) is 19.4. The first-order valence-electron chi connectivity index (χ1n) is 13.4. The maximum Gasteiger partial charge on any atom is 0.256 e. The predicted molar refractivity (Wildman–Crippen MR) is 142 cm³/mol. The second-order valence-electron chi connectivity index (χ2n) is 10.3. The molecule has 1 aromatic heterocycles. The van der Waals surface area contributed by atoms with Crippen molar-refractivity contribution in [1.82, 2.24) is 25.0 Å². The first kappa shape index (κ1) is 25.8. The minimum atomic E-state index is -0.801. The number of piperazine rings is 1. The van der Waals surface area contributed by atoms with Crippen LogP contribution in [0.25, 0.3) is 0 Å². The van der Waals surface area contributed by atoms with Gasteiger partial charge in [0.05, 0.1) is 17.3 Å². The fourth-order valence-electron chi connectivity index (χ4n) is 5.85. The maximum atomic E-state index is 15.2. The lowest BCUT2D eigenvalue weighted by molar-refractivity contribution is -0.136. The van der Waals surface area contributed by atoms with Crippen molar-refractivity contribution in [2.45, 2.75) is 31.5 Å². The van der Waals surface area contributed by atoms with Crippen molar-refractivity contribution in [2.75, 3.05) is 26.2 Å². The van der Waals surface area contributed by atoms with Crippen LogP contribution in [0.2, 0.25) is 0 Å². The van der Waals surface area contributed by atoms with Crippen molar-refractivity contribution < 1.29 is 23.6 Å². The van der Waals surface area contributed by atoms with Crippen LogP contribution in [0, 0.1) is 5.82 Å². The van der Waals surface area contributed by atoms with Crippen LogP contribution in [0.4, 0.5) is 4.39 Å². The van der Waals surface area contributed by atoms with E-state index in [0.29, 0.717) is 31.7 Å². The van der Waals surface area contributed by atoms with E-state index in [0.717, 1.165) is 17.3 Å². The van der Waals surface area contributed by atoms with Crippen molar-refractivity contribution in [2.24, 2.45) is 0 Å². The smallest absolute Gasteiger partial charge is 0.256 e. The van der Waals surface area contributed by atoms with Gasteiger partial charge in [-0.1, -0.05) is 36.4 Å². The summed E-state index contributed by atoms with van der Waals surface area (Å²) in [6.45, 7) is 2.06. The zero-order valence-corrected chi connectivity index (χ0v) is 21.8. The van der Waals surface area contributed by atoms with Gasteiger partial charge >= 0.3 is 0 Å². The van der Waals surface area contributed by atoms with Gasteiger partial charge in [0, 0.05) is 50.9 Å². The number of aromatic nitrogens is 1. The second-order valence-corrected chi connectivity index (χ2v) is 10.3. The summed E-state index contributed by atoms with van der Waals surface area (Å²) in [5, 5.41) is 2.26. The summed E-state index contributed by atoms with van der Waals surface area (Å²) in [5.41, 5.74) is 2.58. The Labute approximate surface area is 230 Å². The molecular formula is C30H28FN5O4. The average molecular weight is 542 g/mol. The lowest BCUT2D eigenvalue weighted by Gasteiger charge is -2.39. The molecule has 4 amide bonds. The largest absolute Gasteiger partial charge is 0.336 e. The molecule has 2 unspecified atom stereocenters. The average Bonchev–Trinajstić information content (AvgIpc) is 3.28. The predicted octanol–water partition coefficient (Wildman–Crippen LogP) is 2.53. The van der Waals surface area contributed by atoms with Gasteiger partial charge in [0.15, 0.2) is 0 Å². The Morgan fingerprint density at radius 2 is 1.73 bits per heavy atom. The van der Waals surface area contributed by atoms with E-state index >= 15 is 4.39 Å². The Morgan fingerprint density at radius 3 is 2.42 bits per heavy atom. The minimum Gasteiger partial charge on any atom is -0.336 e. The molecule has 2 fully saturated rings. The summed E-state index contributed by atoms with van der Waals surface area (Å²) >= 11 is 0. The molecule has 4 heterocycles. The minimum absolute atomic E-state index is 0.0688. The van der Waals surface area contributed by atoms with Gasteiger partial charge in [-0.15, -0.1) is 0 Å². The number of hydrogen-bond acceptors (Lipinski definition) is 6. The molecule has 0 radical (unpaired) electrons. The molecule has 3 aliphatic heterocycles. The Morgan fingerprint density at radius 1 is 0.975 bits per heavy atom. The quantitative estimate of drug-likeness (QED) is 0.498. The van der Waals surface area contributed by atoms with Crippen LogP contribution < -0.4 is 5.32 Å². The normalized spacial score (nSPS) is 20.3. The molecule has 9 nitrogen and oxygen atoms in total. The third kappa shape index (κ3) is 4.75. The summed E-state index contributed by atoms with van der Waals surface area (Å²) in [7, 11) is 0. The number of pyridine rings is 1. The van der Waals surface area contributed by atoms with Crippen molar-refractivity contribution in [3.63, 3.8) is 0 Å². The van der Waals surface area contributed by atoms with Gasteiger partial charge in [0.1, 0.15) is 11.9 Å². The monoisotopic (exact) mass is 541 g/mol. The number of halogens is 1. The van der Waals surface area contributed by atoms with Gasteiger partial charge in [-0.3, -0.25) is 34.4 Å². The third-order valence-electron chi connectivity index (χ3n) is 7.89. The molecule has 0 aliphatic carbocycles. The van der Waals surface area contributed by atoms with E-state index in [4.69, 9.17) is 0 Å². The van der Waals surface area contributed by atoms with Crippen molar-refractivity contribution in [1.29, 1.82) is 0 Å². The summed E-state index contributed by atoms with van der Waals surface area (Å²) < 4.78 is 15.2. The van der Waals surface area contributed by atoms with E-state index in [1.165, 1.54) is 11.0 Å². The maximum absolute atomic E-state index is 15.2. The van der Waals surface area contributed by atoms with Gasteiger partial charge in [-0.05, 0) is 41.8 Å². The van der Waals surface area contributed by atoms with Gasteiger partial charge in [0.2, 0.25) is 11.8 Å². The number of carbonyl (C=O) groups is 4. The van der Waals surface area contributed by atoms with Crippen molar-refractivity contribution in [3.8, 4) is 0 Å². The van der Waals surface area contributed by atoms with E-state index in [1.54, 1.807) is 11.1 Å². The second kappa shape index (κ2) is 10.6. The lowest BCUT2D eigenvalue weighted by Crippen LogP contribution is -2.52. The zero-order valence-electron chi connectivity index (χ0n) is 21.8. The van der Waals surface area contributed by atoms with Crippen LogP contribution in [0.1, 0.15) is 56.4 Å². The molecule has 2 aromatic carbocycles. The van der Waals surface area contributed by atoms with E-state index in [1.807, 2.05) is 36.4 Å². The highest BCUT2D eigenvalue weighted by Crippen LogP contribution is 2.31. The number of nitrogens with one attached hydrogen (secondary N) is 1. The molecule has 6 rings (SSSR count). The van der Waals surface area contributed by atoms with Gasteiger partial charge in [-0.2, -0.15) is 0 Å². The fraction of sp³-hybridized carbons (Fsp3) is 0.300. The van der Waals surface area contributed by atoms with E-state index in [-0.39, 0.29) is 42.5 Å². The standard InChI is InChI=1S/C30H28FN5O4/c31-23-17-21-20(18-36(30(21)40)25-9-10-26(37)33-28(25)38)16-22(23)29(39)35-14-12-34(13-15-35)27(19-6-2-1-3-7-19)24-8-4-5-11-32-24/h1-8,11,16-17,25,27H,9-10,12-15,18H2,(H,33,37,38). The van der Waals surface area contributed by atoms with Crippen LogP contribution in [0.5, 0.6) is 0 Å². The summed E-state index contributed by atoms with van der Waals surface area (Å²) in [6.07, 6.45) is 2.12. The SMILES string of the molecule is O=C1CCC(N2Cc3cc(C(=O)N4CCN(C(c5ccccc5)c5ccccn5)CC4)c(F)cc3C2=O)C(=O)N1. The van der Waals surface area contributed by atoms with Crippen LogP contribution in [-0.4, -0.2) is 75.5 Å². The zero-order chi connectivity index (χ0) is 27.8. The number of rotatable bonds is 5. The molecule has 0 saturated carbocycles.